The van der Waals surface area contributed by atoms with Crippen LogP contribution in [0.4, 0.5) is 0 Å². The van der Waals surface area contributed by atoms with E-state index in [2.05, 4.69) is 26.1 Å². The summed E-state index contributed by atoms with van der Waals surface area (Å²) < 4.78 is 23.0. The Morgan fingerprint density at radius 3 is 2.30 bits per heavy atom. The number of sulfone groups is 1. The van der Waals surface area contributed by atoms with Crippen molar-refractivity contribution in [2.45, 2.75) is 58.9 Å². The molecule has 0 radical (unpaired) electrons. The van der Waals surface area contributed by atoms with Crippen molar-refractivity contribution in [2.24, 2.45) is 17.3 Å². The minimum absolute atomic E-state index is 0.0335. The van der Waals surface area contributed by atoms with Crippen LogP contribution in [0.5, 0.6) is 0 Å². The molecular weight excluding hydrogens is 274 g/mol. The van der Waals surface area contributed by atoms with Crippen molar-refractivity contribution in [1.82, 2.24) is 5.32 Å². The minimum Gasteiger partial charge on any atom is -0.353 e. The first-order chi connectivity index (χ1) is 9.19. The first-order valence-electron chi connectivity index (χ1n) is 7.70. The molecule has 1 aliphatic carbocycles. The highest BCUT2D eigenvalue weighted by molar-refractivity contribution is 7.91. The molecule has 1 aliphatic heterocycles. The van der Waals surface area contributed by atoms with E-state index in [0.29, 0.717) is 12.3 Å². The molecule has 5 heteroatoms. The van der Waals surface area contributed by atoms with E-state index < -0.39 is 9.84 Å². The summed E-state index contributed by atoms with van der Waals surface area (Å²) in [5, 5.41) is 3.15. The molecule has 4 nitrogen and oxygen atoms in total. The van der Waals surface area contributed by atoms with Gasteiger partial charge in [-0.2, -0.15) is 0 Å². The minimum atomic E-state index is -2.98. The molecule has 1 amide bonds. The molecule has 0 spiro atoms. The summed E-state index contributed by atoms with van der Waals surface area (Å²) in [6.45, 7) is 6.67. The Bertz CT molecular complexity index is 464. The summed E-state index contributed by atoms with van der Waals surface area (Å²) in [6.07, 6.45) is 5.04. The summed E-state index contributed by atoms with van der Waals surface area (Å²) in [7, 11) is -2.98. The molecule has 1 saturated carbocycles. The van der Waals surface area contributed by atoms with Crippen molar-refractivity contribution in [1.29, 1.82) is 0 Å². The maximum Gasteiger partial charge on any atom is 0.224 e. The Balaban J connectivity index is 1.99. The summed E-state index contributed by atoms with van der Waals surface area (Å²) in [5.74, 6) is 0.303. The smallest absolute Gasteiger partial charge is 0.224 e. The Morgan fingerprint density at radius 1 is 1.10 bits per heavy atom. The number of nitrogens with one attached hydrogen (secondary N) is 1. The van der Waals surface area contributed by atoms with Gasteiger partial charge >= 0.3 is 0 Å². The van der Waals surface area contributed by atoms with Crippen molar-refractivity contribution < 1.29 is 13.2 Å². The van der Waals surface area contributed by atoms with E-state index in [9.17, 15) is 13.2 Å². The fraction of sp³-hybridized carbons (Fsp3) is 0.933. The highest BCUT2D eigenvalue weighted by Gasteiger charge is 2.38. The summed E-state index contributed by atoms with van der Waals surface area (Å²) in [6, 6.07) is 0.208. The molecule has 1 heterocycles. The molecule has 2 rings (SSSR count). The fourth-order valence-corrected chi connectivity index (χ4v) is 5.38. The van der Waals surface area contributed by atoms with E-state index >= 15 is 0 Å². The van der Waals surface area contributed by atoms with Gasteiger partial charge in [0, 0.05) is 6.04 Å². The van der Waals surface area contributed by atoms with Gasteiger partial charge < -0.3 is 5.32 Å². The highest BCUT2D eigenvalue weighted by Crippen LogP contribution is 2.38. The first kappa shape index (κ1) is 15.8. The number of carbonyl (C=O) groups excluding carboxylic acids is 1. The maximum atomic E-state index is 12.3. The zero-order valence-electron chi connectivity index (χ0n) is 12.8. The van der Waals surface area contributed by atoms with Gasteiger partial charge in [0.1, 0.15) is 0 Å². The van der Waals surface area contributed by atoms with Gasteiger partial charge in [-0.15, -0.1) is 0 Å². The standard InChI is InChI=1S/C15H27NO3S/c1-15(2,3)12-6-4-5-7-13(12)16-14(17)11-8-9-20(18,19)10-11/h11-13H,4-10H2,1-3H3,(H,16,17)/t11-,12+,13-/m0/s1. The van der Waals surface area contributed by atoms with E-state index in [1.165, 1.54) is 6.42 Å². The van der Waals surface area contributed by atoms with Crippen LogP contribution in [0.25, 0.3) is 0 Å². The quantitative estimate of drug-likeness (QED) is 0.850. The van der Waals surface area contributed by atoms with Crippen LogP contribution >= 0.6 is 0 Å². The normalized spacial score (nSPS) is 33.9. The Kier molecular flexibility index (Phi) is 4.47. The SMILES string of the molecule is CC(C)(C)[C@@H]1CCCC[C@@H]1NC(=O)[C@H]1CCS(=O)(=O)C1. The zero-order valence-corrected chi connectivity index (χ0v) is 13.6. The van der Waals surface area contributed by atoms with E-state index in [1.54, 1.807) is 0 Å². The lowest BCUT2D eigenvalue weighted by molar-refractivity contribution is -0.126. The van der Waals surface area contributed by atoms with E-state index in [1.807, 2.05) is 0 Å². The summed E-state index contributed by atoms with van der Waals surface area (Å²) in [5.41, 5.74) is 0.181. The van der Waals surface area contributed by atoms with Gasteiger partial charge in [0.15, 0.2) is 9.84 Å². The van der Waals surface area contributed by atoms with Gasteiger partial charge in [-0.05, 0) is 30.6 Å². The molecule has 0 bridgehead atoms. The second-order valence-corrected chi connectivity index (χ2v) is 9.70. The highest BCUT2D eigenvalue weighted by atomic mass is 32.2. The molecule has 0 unspecified atom stereocenters. The molecule has 1 saturated heterocycles. The van der Waals surface area contributed by atoms with E-state index in [-0.39, 0.29) is 34.8 Å². The largest absolute Gasteiger partial charge is 0.353 e. The van der Waals surface area contributed by atoms with Crippen LogP contribution in [0.15, 0.2) is 0 Å². The van der Waals surface area contributed by atoms with Gasteiger partial charge in [0.05, 0.1) is 17.4 Å². The topological polar surface area (TPSA) is 63.2 Å². The van der Waals surface area contributed by atoms with Crippen LogP contribution < -0.4 is 5.32 Å². The van der Waals surface area contributed by atoms with Crippen molar-refractivity contribution in [3.05, 3.63) is 0 Å². The molecule has 0 aromatic rings. The van der Waals surface area contributed by atoms with Crippen LogP contribution in [0.3, 0.4) is 0 Å². The molecule has 1 N–H and O–H groups in total. The van der Waals surface area contributed by atoms with Gasteiger partial charge in [-0.3, -0.25) is 4.79 Å². The molecule has 0 aromatic heterocycles. The monoisotopic (exact) mass is 301 g/mol. The number of hydrogen-bond donors (Lipinski definition) is 1. The second kappa shape index (κ2) is 5.66. The lowest BCUT2D eigenvalue weighted by atomic mass is 9.69. The van der Waals surface area contributed by atoms with Crippen LogP contribution in [0, 0.1) is 17.3 Å². The number of rotatable bonds is 2. The van der Waals surface area contributed by atoms with Crippen LogP contribution in [0.2, 0.25) is 0 Å². The number of carbonyl (C=O) groups is 1. The van der Waals surface area contributed by atoms with Gasteiger partial charge in [0.2, 0.25) is 5.91 Å². The fourth-order valence-electron chi connectivity index (χ4n) is 3.64. The van der Waals surface area contributed by atoms with Crippen LogP contribution in [-0.2, 0) is 14.6 Å². The molecule has 2 fully saturated rings. The van der Waals surface area contributed by atoms with Crippen LogP contribution in [-0.4, -0.2) is 31.9 Å². The predicted octanol–water partition coefficient (Wildman–Crippen LogP) is 2.14. The lowest BCUT2D eigenvalue weighted by Gasteiger charge is -2.41. The van der Waals surface area contributed by atoms with E-state index in [0.717, 1.165) is 19.3 Å². The van der Waals surface area contributed by atoms with Crippen molar-refractivity contribution in [2.75, 3.05) is 11.5 Å². The third-order valence-corrected chi connectivity index (χ3v) is 6.58. The molecule has 2 aliphatic rings. The third kappa shape index (κ3) is 3.74. The third-order valence-electron chi connectivity index (χ3n) is 4.81. The van der Waals surface area contributed by atoms with Gasteiger partial charge in [-0.1, -0.05) is 33.6 Å². The van der Waals surface area contributed by atoms with Crippen LogP contribution in [0.1, 0.15) is 52.9 Å². The molecule has 0 aromatic carbocycles. The summed E-state index contributed by atoms with van der Waals surface area (Å²) in [4.78, 5) is 12.3. The molecule has 116 valence electrons. The lowest BCUT2D eigenvalue weighted by Crippen LogP contribution is -2.48. The maximum absolute atomic E-state index is 12.3. The average Bonchev–Trinajstić information content (AvgIpc) is 2.69. The van der Waals surface area contributed by atoms with Gasteiger partial charge in [-0.25, -0.2) is 8.42 Å². The summed E-state index contributed by atoms with van der Waals surface area (Å²) >= 11 is 0. The number of amides is 1. The number of hydrogen-bond acceptors (Lipinski definition) is 3. The Hall–Kier alpha value is -0.580. The Labute approximate surface area is 122 Å². The first-order valence-corrected chi connectivity index (χ1v) is 9.52. The van der Waals surface area contributed by atoms with Crippen molar-refractivity contribution in [3.63, 3.8) is 0 Å². The molecule has 3 atom stereocenters. The van der Waals surface area contributed by atoms with E-state index in [4.69, 9.17) is 0 Å². The van der Waals surface area contributed by atoms with Crippen molar-refractivity contribution >= 4 is 15.7 Å². The van der Waals surface area contributed by atoms with Gasteiger partial charge in [0.25, 0.3) is 0 Å². The average molecular weight is 301 g/mol. The Morgan fingerprint density at radius 2 is 1.75 bits per heavy atom. The zero-order chi connectivity index (χ0) is 15.0. The molecular formula is C15H27NO3S. The van der Waals surface area contributed by atoms with Crippen molar-refractivity contribution in [3.8, 4) is 0 Å². The molecule has 20 heavy (non-hydrogen) atoms. The predicted molar refractivity (Wildman–Crippen MR) is 80.1 cm³/mol. The second-order valence-electron chi connectivity index (χ2n) is 7.47.